The quantitative estimate of drug-likeness (QED) is 0.526. The van der Waals surface area contributed by atoms with Crippen LogP contribution in [-0.2, 0) is 6.42 Å². The summed E-state index contributed by atoms with van der Waals surface area (Å²) < 4.78 is 10.5. The molecule has 0 aliphatic rings. The maximum absolute atomic E-state index is 11.3. The van der Waals surface area contributed by atoms with Crippen molar-refractivity contribution < 1.29 is 14.4 Å². The van der Waals surface area contributed by atoms with E-state index in [2.05, 4.69) is 20.6 Å². The van der Waals surface area contributed by atoms with Crippen LogP contribution < -0.4 is 20.1 Å². The topological polar surface area (TPSA) is 111 Å². The number of hydrogen-bond donors (Lipinski definition) is 2. The van der Waals surface area contributed by atoms with Crippen LogP contribution in [0.1, 0.15) is 12.5 Å². The first kappa shape index (κ1) is 18.2. The van der Waals surface area contributed by atoms with Gasteiger partial charge in [-0.3, -0.25) is 10.1 Å². The van der Waals surface area contributed by atoms with Gasteiger partial charge in [0.25, 0.3) is 0 Å². The molecular formula is C16H21N5O4. The molecule has 0 unspecified atom stereocenters. The fraction of sp³-hybridized carbons (Fsp3) is 0.375. The zero-order valence-corrected chi connectivity index (χ0v) is 14.4. The Hall–Kier alpha value is -3.10. The molecule has 0 saturated carbocycles. The number of ether oxygens (including phenoxy) is 2. The zero-order chi connectivity index (χ0) is 18.2. The molecule has 1 heterocycles. The van der Waals surface area contributed by atoms with Gasteiger partial charge in [0.1, 0.15) is 6.33 Å². The van der Waals surface area contributed by atoms with E-state index < -0.39 is 4.92 Å². The van der Waals surface area contributed by atoms with E-state index >= 15 is 0 Å². The number of nitro groups is 1. The number of rotatable bonds is 9. The molecule has 134 valence electrons. The van der Waals surface area contributed by atoms with Crippen molar-refractivity contribution in [2.24, 2.45) is 0 Å². The van der Waals surface area contributed by atoms with Gasteiger partial charge in [-0.2, -0.15) is 0 Å². The van der Waals surface area contributed by atoms with Crippen LogP contribution in [0.15, 0.2) is 24.5 Å². The van der Waals surface area contributed by atoms with Crippen LogP contribution >= 0.6 is 0 Å². The van der Waals surface area contributed by atoms with Gasteiger partial charge in [-0.25, -0.2) is 9.97 Å². The Balaban J connectivity index is 2.09. The number of methoxy groups -OCH3 is 2. The molecule has 0 aliphatic heterocycles. The number of benzene rings is 1. The Morgan fingerprint density at radius 3 is 2.40 bits per heavy atom. The molecule has 9 heteroatoms. The average molecular weight is 347 g/mol. The molecule has 0 saturated heterocycles. The Morgan fingerprint density at radius 1 is 1.12 bits per heavy atom. The van der Waals surface area contributed by atoms with Crippen LogP contribution in [0.2, 0.25) is 0 Å². The van der Waals surface area contributed by atoms with Gasteiger partial charge in [0.2, 0.25) is 11.6 Å². The molecule has 0 fully saturated rings. The number of nitrogens with one attached hydrogen (secondary N) is 2. The van der Waals surface area contributed by atoms with Crippen molar-refractivity contribution >= 4 is 17.3 Å². The lowest BCUT2D eigenvalue weighted by Crippen LogP contribution is -2.11. The van der Waals surface area contributed by atoms with Crippen LogP contribution in [0, 0.1) is 10.1 Å². The minimum atomic E-state index is -0.489. The first-order chi connectivity index (χ1) is 12.1. The average Bonchev–Trinajstić information content (AvgIpc) is 2.61. The van der Waals surface area contributed by atoms with Crippen molar-refractivity contribution in [1.29, 1.82) is 0 Å². The number of anilines is 2. The molecule has 0 aliphatic carbocycles. The Bertz CT molecular complexity index is 738. The number of aromatic nitrogens is 2. The smallest absolute Gasteiger partial charge is 0.353 e. The van der Waals surface area contributed by atoms with Gasteiger partial charge in [-0.1, -0.05) is 6.07 Å². The van der Waals surface area contributed by atoms with E-state index in [1.165, 1.54) is 6.33 Å². The molecular weight excluding hydrogens is 326 g/mol. The van der Waals surface area contributed by atoms with Crippen LogP contribution in [0.4, 0.5) is 17.3 Å². The third-order valence-corrected chi connectivity index (χ3v) is 3.50. The van der Waals surface area contributed by atoms with Gasteiger partial charge >= 0.3 is 5.69 Å². The van der Waals surface area contributed by atoms with Crippen molar-refractivity contribution in [3.63, 3.8) is 0 Å². The Kier molecular flexibility index (Phi) is 6.33. The molecule has 1 aromatic carbocycles. The highest BCUT2D eigenvalue weighted by Crippen LogP contribution is 2.29. The van der Waals surface area contributed by atoms with Crippen molar-refractivity contribution in [3.05, 3.63) is 40.2 Å². The highest BCUT2D eigenvalue weighted by atomic mass is 16.6. The number of hydrogen-bond acceptors (Lipinski definition) is 8. The first-order valence-corrected chi connectivity index (χ1v) is 7.78. The monoisotopic (exact) mass is 347 g/mol. The third kappa shape index (κ3) is 4.46. The molecule has 25 heavy (non-hydrogen) atoms. The maximum Gasteiger partial charge on any atom is 0.353 e. The summed E-state index contributed by atoms with van der Waals surface area (Å²) >= 11 is 0. The summed E-state index contributed by atoms with van der Waals surface area (Å²) in [6.45, 7) is 2.85. The summed E-state index contributed by atoms with van der Waals surface area (Å²) in [6.07, 6.45) is 1.93. The lowest BCUT2D eigenvalue weighted by molar-refractivity contribution is -0.383. The largest absolute Gasteiger partial charge is 0.493 e. The number of nitrogens with zero attached hydrogens (tertiary/aromatic N) is 3. The lowest BCUT2D eigenvalue weighted by Gasteiger charge is -2.11. The van der Waals surface area contributed by atoms with Crippen molar-refractivity contribution in [1.82, 2.24) is 9.97 Å². The van der Waals surface area contributed by atoms with Crippen molar-refractivity contribution in [3.8, 4) is 11.5 Å². The van der Waals surface area contributed by atoms with Gasteiger partial charge in [0, 0.05) is 13.1 Å². The SMILES string of the molecule is CCNc1ncnc(NCCc2ccc(OC)c(OC)c2)c1[N+](=O)[O-]. The highest BCUT2D eigenvalue weighted by molar-refractivity contribution is 5.69. The zero-order valence-electron chi connectivity index (χ0n) is 14.4. The molecule has 1 aromatic heterocycles. The molecule has 0 spiro atoms. The summed E-state index contributed by atoms with van der Waals surface area (Å²) in [7, 11) is 3.15. The summed E-state index contributed by atoms with van der Waals surface area (Å²) in [5.41, 5.74) is 0.852. The molecule has 0 atom stereocenters. The van der Waals surface area contributed by atoms with Gasteiger partial charge in [0.15, 0.2) is 11.5 Å². The molecule has 0 bridgehead atoms. The van der Waals surface area contributed by atoms with E-state index in [1.54, 1.807) is 14.2 Å². The summed E-state index contributed by atoms with van der Waals surface area (Å²) in [4.78, 5) is 18.7. The molecule has 0 amide bonds. The molecule has 2 aromatic rings. The molecule has 9 nitrogen and oxygen atoms in total. The Morgan fingerprint density at radius 2 is 1.80 bits per heavy atom. The van der Waals surface area contributed by atoms with E-state index in [1.807, 2.05) is 25.1 Å². The van der Waals surface area contributed by atoms with E-state index in [0.717, 1.165) is 5.56 Å². The summed E-state index contributed by atoms with van der Waals surface area (Å²) in [6, 6.07) is 5.62. The third-order valence-electron chi connectivity index (χ3n) is 3.50. The van der Waals surface area contributed by atoms with Gasteiger partial charge in [-0.15, -0.1) is 0 Å². The van der Waals surface area contributed by atoms with Crippen molar-refractivity contribution in [2.45, 2.75) is 13.3 Å². The predicted octanol–water partition coefficient (Wildman–Crippen LogP) is 2.49. The van der Waals surface area contributed by atoms with Gasteiger partial charge < -0.3 is 20.1 Å². The standard InChI is InChI=1S/C16H21N5O4/c1-4-17-15-14(21(22)23)16(20-10-19-15)18-8-7-11-5-6-12(24-2)13(9-11)25-3/h5-6,9-10H,4,7-8H2,1-3H3,(H2,17,18,19,20). The minimum Gasteiger partial charge on any atom is -0.493 e. The van der Waals surface area contributed by atoms with Crippen LogP contribution in [0.3, 0.4) is 0 Å². The van der Waals surface area contributed by atoms with Crippen LogP contribution in [0.25, 0.3) is 0 Å². The Labute approximate surface area is 145 Å². The van der Waals surface area contributed by atoms with Gasteiger partial charge in [0.05, 0.1) is 19.1 Å². The molecule has 2 N–H and O–H groups in total. The highest BCUT2D eigenvalue weighted by Gasteiger charge is 2.22. The minimum absolute atomic E-state index is 0.156. The second-order valence-corrected chi connectivity index (χ2v) is 5.07. The van der Waals surface area contributed by atoms with E-state index in [0.29, 0.717) is 31.0 Å². The maximum atomic E-state index is 11.3. The second kappa shape index (κ2) is 8.67. The molecule has 0 radical (unpaired) electrons. The second-order valence-electron chi connectivity index (χ2n) is 5.07. The molecule has 2 rings (SSSR count). The van der Waals surface area contributed by atoms with Crippen LogP contribution in [-0.4, -0.2) is 42.2 Å². The van der Waals surface area contributed by atoms with Crippen LogP contribution in [0.5, 0.6) is 11.5 Å². The van der Waals surface area contributed by atoms with Crippen molar-refractivity contribution in [2.75, 3.05) is 37.9 Å². The predicted molar refractivity (Wildman–Crippen MR) is 94.6 cm³/mol. The summed E-state index contributed by atoms with van der Waals surface area (Å²) in [5.74, 6) is 1.69. The first-order valence-electron chi connectivity index (χ1n) is 7.78. The lowest BCUT2D eigenvalue weighted by atomic mass is 10.1. The van der Waals surface area contributed by atoms with E-state index in [9.17, 15) is 10.1 Å². The summed E-state index contributed by atoms with van der Waals surface area (Å²) in [5, 5.41) is 17.2. The fourth-order valence-electron chi connectivity index (χ4n) is 2.34. The normalized spacial score (nSPS) is 10.2. The van der Waals surface area contributed by atoms with E-state index in [-0.39, 0.29) is 17.3 Å². The fourth-order valence-corrected chi connectivity index (χ4v) is 2.34. The van der Waals surface area contributed by atoms with E-state index in [4.69, 9.17) is 9.47 Å². The van der Waals surface area contributed by atoms with Gasteiger partial charge in [-0.05, 0) is 31.0 Å².